The Morgan fingerprint density at radius 1 is 1.03 bits per heavy atom. The molecule has 8 heteroatoms. The predicted molar refractivity (Wildman–Crippen MR) is 124 cm³/mol. The Morgan fingerprint density at radius 2 is 1.62 bits per heavy atom. The van der Waals surface area contributed by atoms with Crippen molar-refractivity contribution in [1.82, 2.24) is 0 Å². The zero-order chi connectivity index (χ0) is 24.1. The first-order valence-electron chi connectivity index (χ1n) is 9.84. The van der Waals surface area contributed by atoms with Gasteiger partial charge in [0.1, 0.15) is 0 Å². The molecule has 0 atom stereocenters. The second-order valence-corrected chi connectivity index (χ2v) is 7.91. The van der Waals surface area contributed by atoms with E-state index in [9.17, 15) is 9.59 Å². The van der Waals surface area contributed by atoms with E-state index in [1.54, 1.807) is 6.08 Å². The Morgan fingerprint density at radius 3 is 2.22 bits per heavy atom. The average molecular weight is 461 g/mol. The number of hydrogen-bond donors (Lipinski definition) is 2. The number of carbonyl (C=O) groups is 2. The van der Waals surface area contributed by atoms with E-state index in [0.717, 1.165) is 11.1 Å². The maximum atomic E-state index is 11.4. The molecule has 0 aliphatic heterocycles. The molecule has 0 radical (unpaired) electrons. The van der Waals surface area contributed by atoms with E-state index in [1.807, 2.05) is 56.3 Å². The SMILES string of the molecule is CCO/C=C/C(=O)Cc1ccc(C)cc1.Cc1ccc2c(c1)C=CC(=O)C2.O=S(=O)(O)O. The molecule has 172 valence electrons. The highest BCUT2D eigenvalue weighted by atomic mass is 32.3. The molecular weight excluding hydrogens is 432 g/mol. The summed E-state index contributed by atoms with van der Waals surface area (Å²) in [5.74, 6) is 0.263. The molecule has 2 N–H and O–H groups in total. The normalized spacial score (nSPS) is 12.2. The van der Waals surface area contributed by atoms with Gasteiger partial charge in [-0.25, -0.2) is 0 Å². The molecule has 0 spiro atoms. The molecule has 7 nitrogen and oxygen atoms in total. The molecular formula is C24H28O7S. The van der Waals surface area contributed by atoms with E-state index in [1.165, 1.54) is 29.0 Å². The summed E-state index contributed by atoms with van der Waals surface area (Å²) in [6, 6.07) is 14.2. The fourth-order valence-corrected chi connectivity index (χ4v) is 2.65. The molecule has 1 aliphatic carbocycles. The minimum absolute atomic E-state index is 0.0623. The van der Waals surface area contributed by atoms with Gasteiger partial charge in [0.15, 0.2) is 11.6 Å². The molecule has 32 heavy (non-hydrogen) atoms. The maximum absolute atomic E-state index is 11.4. The van der Waals surface area contributed by atoms with Crippen LogP contribution in [0.1, 0.15) is 34.7 Å². The fourth-order valence-electron chi connectivity index (χ4n) is 2.65. The average Bonchev–Trinajstić information content (AvgIpc) is 2.69. The summed E-state index contributed by atoms with van der Waals surface area (Å²) in [4.78, 5) is 22.4. The van der Waals surface area contributed by atoms with Crippen molar-refractivity contribution in [2.75, 3.05) is 6.61 Å². The van der Waals surface area contributed by atoms with Crippen LogP contribution in [0.15, 0.2) is 60.9 Å². The molecule has 0 aromatic heterocycles. The molecule has 2 aromatic carbocycles. The Balaban J connectivity index is 0.000000269. The quantitative estimate of drug-likeness (QED) is 0.391. The predicted octanol–water partition coefficient (Wildman–Crippen LogP) is 4.14. The molecule has 1 aliphatic rings. The van der Waals surface area contributed by atoms with Gasteiger partial charge in [0.05, 0.1) is 12.9 Å². The van der Waals surface area contributed by atoms with Gasteiger partial charge in [-0.15, -0.1) is 0 Å². The molecule has 0 amide bonds. The first kappa shape index (κ1) is 27.0. The van der Waals surface area contributed by atoms with Crippen LogP contribution in [0, 0.1) is 13.8 Å². The van der Waals surface area contributed by atoms with E-state index in [2.05, 4.69) is 13.0 Å². The smallest absolute Gasteiger partial charge is 0.394 e. The van der Waals surface area contributed by atoms with Crippen molar-refractivity contribution in [3.63, 3.8) is 0 Å². The van der Waals surface area contributed by atoms with Crippen LogP contribution >= 0.6 is 0 Å². The Bertz CT molecular complexity index is 1060. The van der Waals surface area contributed by atoms with Gasteiger partial charge in [0.2, 0.25) is 0 Å². The number of fused-ring (bicyclic) bond motifs is 1. The van der Waals surface area contributed by atoms with Gasteiger partial charge in [0.25, 0.3) is 0 Å². The topological polar surface area (TPSA) is 118 Å². The molecule has 0 unspecified atom stereocenters. The number of rotatable bonds is 5. The van der Waals surface area contributed by atoms with Gasteiger partial charge in [-0.3, -0.25) is 18.7 Å². The number of ether oxygens (including phenoxy) is 1. The van der Waals surface area contributed by atoms with E-state index >= 15 is 0 Å². The van der Waals surface area contributed by atoms with Crippen LogP contribution < -0.4 is 0 Å². The lowest BCUT2D eigenvalue weighted by atomic mass is 9.95. The van der Waals surface area contributed by atoms with Gasteiger partial charge in [-0.05, 0) is 43.5 Å². The molecule has 0 saturated heterocycles. The zero-order valence-electron chi connectivity index (χ0n) is 18.3. The van der Waals surface area contributed by atoms with Crippen LogP contribution in [0.4, 0.5) is 0 Å². The van der Waals surface area contributed by atoms with Crippen LogP contribution in [0.25, 0.3) is 6.08 Å². The third-order valence-electron chi connectivity index (χ3n) is 4.13. The zero-order valence-corrected chi connectivity index (χ0v) is 19.1. The Labute approximate surface area is 189 Å². The van der Waals surface area contributed by atoms with Crippen molar-refractivity contribution in [3.8, 4) is 0 Å². The molecule has 3 rings (SSSR count). The highest BCUT2D eigenvalue weighted by Crippen LogP contribution is 2.18. The second kappa shape index (κ2) is 13.4. The number of carbonyl (C=O) groups excluding carboxylic acids is 2. The van der Waals surface area contributed by atoms with Crippen molar-refractivity contribution in [2.24, 2.45) is 0 Å². The monoisotopic (exact) mass is 460 g/mol. The molecule has 0 saturated carbocycles. The summed E-state index contributed by atoms with van der Waals surface area (Å²) in [5, 5.41) is 0. The second-order valence-electron chi connectivity index (χ2n) is 7.01. The van der Waals surface area contributed by atoms with Gasteiger partial charge in [0, 0.05) is 18.9 Å². The van der Waals surface area contributed by atoms with Crippen LogP contribution in [0.5, 0.6) is 0 Å². The molecule has 2 aromatic rings. The van der Waals surface area contributed by atoms with Crippen LogP contribution in [-0.4, -0.2) is 35.7 Å². The summed E-state index contributed by atoms with van der Waals surface area (Å²) in [7, 11) is -4.67. The minimum Gasteiger partial charge on any atom is -0.501 e. The lowest BCUT2D eigenvalue weighted by molar-refractivity contribution is -0.114. The van der Waals surface area contributed by atoms with Crippen LogP contribution in [0.3, 0.4) is 0 Å². The summed E-state index contributed by atoms with van der Waals surface area (Å²) in [5.41, 5.74) is 5.82. The highest BCUT2D eigenvalue weighted by Gasteiger charge is 2.09. The number of allylic oxidation sites excluding steroid dienone is 2. The minimum atomic E-state index is -4.67. The Kier molecular flexibility index (Phi) is 11.3. The van der Waals surface area contributed by atoms with Gasteiger partial charge in [-0.2, -0.15) is 8.42 Å². The third kappa shape index (κ3) is 12.6. The fraction of sp³-hybridized carbons (Fsp3) is 0.250. The van der Waals surface area contributed by atoms with Crippen molar-refractivity contribution < 1.29 is 31.8 Å². The standard InChI is InChI=1S/C13H16O2.C11H10O.H2O4S/c1-3-15-9-8-13(14)10-12-6-4-11(2)5-7-12;1-8-2-3-10-7-11(12)5-4-9(10)6-8;1-5(2,3)4/h4-9H,3,10H2,1-2H3;2-6H,7H2,1H3;(H2,1,2,3,4)/b9-8+;;. The van der Waals surface area contributed by atoms with E-state index < -0.39 is 10.4 Å². The number of benzene rings is 2. The molecule has 0 heterocycles. The van der Waals surface area contributed by atoms with Gasteiger partial charge < -0.3 is 4.74 Å². The van der Waals surface area contributed by atoms with Gasteiger partial charge in [-0.1, -0.05) is 59.7 Å². The van der Waals surface area contributed by atoms with Gasteiger partial charge >= 0.3 is 10.4 Å². The van der Waals surface area contributed by atoms with E-state index in [0.29, 0.717) is 19.4 Å². The maximum Gasteiger partial charge on any atom is 0.394 e. The number of aryl methyl sites for hydroxylation is 2. The molecule has 0 fully saturated rings. The largest absolute Gasteiger partial charge is 0.501 e. The molecule has 0 bridgehead atoms. The first-order chi connectivity index (χ1) is 15.0. The van der Waals surface area contributed by atoms with Crippen molar-refractivity contribution in [3.05, 3.63) is 88.7 Å². The van der Waals surface area contributed by atoms with Crippen molar-refractivity contribution in [2.45, 2.75) is 33.6 Å². The summed E-state index contributed by atoms with van der Waals surface area (Å²) < 4.78 is 36.5. The van der Waals surface area contributed by atoms with E-state index in [4.69, 9.17) is 22.3 Å². The number of hydrogen-bond acceptors (Lipinski definition) is 5. The highest BCUT2D eigenvalue weighted by molar-refractivity contribution is 7.79. The lowest BCUT2D eigenvalue weighted by Gasteiger charge is -2.09. The van der Waals surface area contributed by atoms with Crippen LogP contribution in [0.2, 0.25) is 0 Å². The summed E-state index contributed by atoms with van der Waals surface area (Å²) in [6.45, 7) is 6.56. The van der Waals surface area contributed by atoms with Crippen molar-refractivity contribution >= 4 is 28.0 Å². The summed E-state index contributed by atoms with van der Waals surface area (Å²) in [6.07, 6.45) is 7.48. The third-order valence-corrected chi connectivity index (χ3v) is 4.13. The number of ketones is 2. The Hall–Kier alpha value is -3.07. The first-order valence-corrected chi connectivity index (χ1v) is 11.2. The van der Waals surface area contributed by atoms with Crippen LogP contribution in [-0.2, 0) is 37.6 Å². The van der Waals surface area contributed by atoms with Crippen molar-refractivity contribution in [1.29, 1.82) is 0 Å². The lowest BCUT2D eigenvalue weighted by Crippen LogP contribution is -2.04. The summed E-state index contributed by atoms with van der Waals surface area (Å²) >= 11 is 0. The van der Waals surface area contributed by atoms with E-state index in [-0.39, 0.29) is 11.6 Å².